The van der Waals surface area contributed by atoms with Gasteiger partial charge in [0.15, 0.2) is 5.82 Å². The maximum absolute atomic E-state index is 11.0. The molecule has 25 heavy (non-hydrogen) atoms. The fourth-order valence-corrected chi connectivity index (χ4v) is 4.31. The number of rotatable bonds is 4. The van der Waals surface area contributed by atoms with Crippen molar-refractivity contribution in [1.82, 2.24) is 9.97 Å². The minimum Gasteiger partial charge on any atom is -0.261 e. The highest BCUT2D eigenvalue weighted by atomic mass is 32.1. The van der Waals surface area contributed by atoms with Crippen LogP contribution in [-0.2, 0) is 12.8 Å². The molecule has 4 rings (SSSR count). The first kappa shape index (κ1) is 15.6. The van der Waals surface area contributed by atoms with Gasteiger partial charge in [0.05, 0.1) is 16.5 Å². The van der Waals surface area contributed by atoms with Crippen LogP contribution in [0.4, 0.5) is 11.5 Å². The third-order valence-corrected chi connectivity index (χ3v) is 5.52. The van der Waals surface area contributed by atoms with E-state index < -0.39 is 0 Å². The highest BCUT2D eigenvalue weighted by Crippen LogP contribution is 2.38. The lowest BCUT2D eigenvalue weighted by Gasteiger charge is -2.03. The van der Waals surface area contributed by atoms with Gasteiger partial charge in [-0.05, 0) is 31.7 Å². The Bertz CT molecular complexity index is 1010. The standard InChI is InChI=1S/C17H15N5O2S/c1-10-5-6-11(7-13(10)22(23)24)8-20-21-16-15-12-3-2-4-14(12)25-17(15)19-9-18-16/h5-9H,2-4H2,1H3,(H,18,19,21)/b20-8-. The van der Waals surface area contributed by atoms with Gasteiger partial charge in [0.1, 0.15) is 11.2 Å². The third-order valence-electron chi connectivity index (χ3n) is 4.32. The fourth-order valence-electron chi connectivity index (χ4n) is 3.08. The molecule has 0 unspecified atom stereocenters. The average Bonchev–Trinajstić information content (AvgIpc) is 3.17. The molecule has 7 nitrogen and oxygen atoms in total. The van der Waals surface area contributed by atoms with Crippen molar-refractivity contribution in [2.45, 2.75) is 26.2 Å². The summed E-state index contributed by atoms with van der Waals surface area (Å²) in [6.07, 6.45) is 6.41. The number of nitro groups is 1. The van der Waals surface area contributed by atoms with Gasteiger partial charge < -0.3 is 0 Å². The topological polar surface area (TPSA) is 93.3 Å². The minimum atomic E-state index is -0.386. The van der Waals surface area contributed by atoms with Crippen LogP contribution in [0, 0.1) is 17.0 Å². The Morgan fingerprint density at radius 3 is 3.08 bits per heavy atom. The van der Waals surface area contributed by atoms with Crippen LogP contribution in [0.2, 0.25) is 0 Å². The Kier molecular flexibility index (Phi) is 3.89. The van der Waals surface area contributed by atoms with Gasteiger partial charge in [-0.3, -0.25) is 15.5 Å². The molecule has 0 spiro atoms. The molecule has 0 bridgehead atoms. The van der Waals surface area contributed by atoms with Crippen LogP contribution in [0.5, 0.6) is 0 Å². The van der Waals surface area contributed by atoms with Crippen LogP contribution < -0.4 is 5.43 Å². The average molecular weight is 353 g/mol. The van der Waals surface area contributed by atoms with Gasteiger partial charge in [-0.25, -0.2) is 9.97 Å². The predicted octanol–water partition coefficient (Wildman–Crippen LogP) is 3.84. The van der Waals surface area contributed by atoms with Gasteiger partial charge in [-0.15, -0.1) is 11.3 Å². The van der Waals surface area contributed by atoms with Crippen molar-refractivity contribution in [3.05, 3.63) is 56.2 Å². The monoisotopic (exact) mass is 353 g/mol. The van der Waals surface area contributed by atoms with Gasteiger partial charge in [0.2, 0.25) is 0 Å². The van der Waals surface area contributed by atoms with E-state index in [2.05, 4.69) is 20.5 Å². The molecular weight excluding hydrogens is 338 g/mol. The van der Waals surface area contributed by atoms with Crippen molar-refractivity contribution in [2.24, 2.45) is 5.10 Å². The molecule has 0 saturated carbocycles. The van der Waals surface area contributed by atoms with E-state index in [1.165, 1.54) is 29.3 Å². The lowest BCUT2D eigenvalue weighted by Crippen LogP contribution is -1.97. The van der Waals surface area contributed by atoms with Crippen LogP contribution in [0.1, 0.15) is 28.0 Å². The molecular formula is C17H15N5O2S. The van der Waals surface area contributed by atoms with Crippen LogP contribution in [0.15, 0.2) is 29.6 Å². The van der Waals surface area contributed by atoms with E-state index in [1.807, 2.05) is 0 Å². The molecule has 126 valence electrons. The summed E-state index contributed by atoms with van der Waals surface area (Å²) in [5, 5.41) is 16.3. The normalized spacial score (nSPS) is 13.5. The Balaban J connectivity index is 1.62. The number of fused-ring (bicyclic) bond motifs is 3. The van der Waals surface area contributed by atoms with Gasteiger partial charge in [-0.1, -0.05) is 12.1 Å². The summed E-state index contributed by atoms with van der Waals surface area (Å²) in [5.74, 6) is 0.683. The first-order valence-electron chi connectivity index (χ1n) is 7.93. The number of anilines is 1. The zero-order valence-electron chi connectivity index (χ0n) is 13.5. The molecule has 1 aliphatic carbocycles. The highest BCUT2D eigenvalue weighted by molar-refractivity contribution is 7.19. The predicted molar refractivity (Wildman–Crippen MR) is 98.5 cm³/mol. The number of nitrogens with one attached hydrogen (secondary N) is 1. The van der Waals surface area contributed by atoms with Crippen molar-refractivity contribution in [2.75, 3.05) is 5.43 Å². The molecule has 0 fully saturated rings. The van der Waals surface area contributed by atoms with E-state index in [-0.39, 0.29) is 10.6 Å². The first-order valence-corrected chi connectivity index (χ1v) is 8.74. The van der Waals surface area contributed by atoms with Gasteiger partial charge in [0, 0.05) is 22.1 Å². The van der Waals surface area contributed by atoms with Crippen molar-refractivity contribution in [3.63, 3.8) is 0 Å². The molecule has 1 aliphatic rings. The molecule has 1 N–H and O–H groups in total. The minimum absolute atomic E-state index is 0.0871. The summed E-state index contributed by atoms with van der Waals surface area (Å²) in [6, 6.07) is 5.03. The summed E-state index contributed by atoms with van der Waals surface area (Å²) in [4.78, 5) is 21.7. The van der Waals surface area contributed by atoms with Crippen molar-refractivity contribution in [3.8, 4) is 0 Å². The summed E-state index contributed by atoms with van der Waals surface area (Å²) in [7, 11) is 0. The quantitative estimate of drug-likeness (QED) is 0.437. The summed E-state index contributed by atoms with van der Waals surface area (Å²) in [6.45, 7) is 1.71. The molecule has 0 atom stereocenters. The molecule has 2 aromatic heterocycles. The van der Waals surface area contributed by atoms with Crippen LogP contribution in [0.3, 0.4) is 0 Å². The third kappa shape index (κ3) is 2.85. The molecule has 0 aliphatic heterocycles. The number of nitro benzene ring substituents is 1. The zero-order valence-corrected chi connectivity index (χ0v) is 14.3. The van der Waals surface area contributed by atoms with Gasteiger partial charge >= 0.3 is 0 Å². The second-order valence-electron chi connectivity index (χ2n) is 5.93. The lowest BCUT2D eigenvalue weighted by atomic mass is 10.1. The molecule has 8 heteroatoms. The molecule has 0 amide bonds. The molecule has 1 aromatic carbocycles. The second-order valence-corrected chi connectivity index (χ2v) is 7.02. The van der Waals surface area contributed by atoms with E-state index in [4.69, 9.17) is 0 Å². The zero-order chi connectivity index (χ0) is 17.4. The Morgan fingerprint density at radius 2 is 2.24 bits per heavy atom. The smallest absolute Gasteiger partial charge is 0.261 e. The lowest BCUT2D eigenvalue weighted by molar-refractivity contribution is -0.385. The molecule has 3 aromatic rings. The maximum atomic E-state index is 11.0. The summed E-state index contributed by atoms with van der Waals surface area (Å²) < 4.78 is 0. The van der Waals surface area contributed by atoms with E-state index in [1.54, 1.807) is 36.6 Å². The van der Waals surface area contributed by atoms with Crippen molar-refractivity contribution >= 4 is 39.3 Å². The highest BCUT2D eigenvalue weighted by Gasteiger charge is 2.21. The molecule has 0 radical (unpaired) electrons. The van der Waals surface area contributed by atoms with Gasteiger partial charge in [-0.2, -0.15) is 5.10 Å². The van der Waals surface area contributed by atoms with Crippen LogP contribution in [0.25, 0.3) is 10.2 Å². The molecule has 2 heterocycles. The number of benzene rings is 1. The number of aromatic nitrogens is 2. The number of aryl methyl sites for hydroxylation is 3. The molecule has 0 saturated heterocycles. The Labute approximate surface area is 147 Å². The van der Waals surface area contributed by atoms with Gasteiger partial charge in [0.25, 0.3) is 5.69 Å². The van der Waals surface area contributed by atoms with E-state index in [0.29, 0.717) is 16.9 Å². The summed E-state index contributed by atoms with van der Waals surface area (Å²) in [5.41, 5.74) is 5.67. The summed E-state index contributed by atoms with van der Waals surface area (Å²) >= 11 is 1.72. The van der Waals surface area contributed by atoms with Crippen LogP contribution >= 0.6 is 11.3 Å². The number of hydrogen-bond acceptors (Lipinski definition) is 7. The fraction of sp³-hybridized carbons (Fsp3) is 0.235. The maximum Gasteiger partial charge on any atom is 0.272 e. The number of thiophene rings is 1. The van der Waals surface area contributed by atoms with Crippen LogP contribution in [-0.4, -0.2) is 21.1 Å². The largest absolute Gasteiger partial charge is 0.272 e. The second kappa shape index (κ2) is 6.21. The Hall–Kier alpha value is -2.87. The Morgan fingerprint density at radius 1 is 1.36 bits per heavy atom. The van der Waals surface area contributed by atoms with Crippen molar-refractivity contribution < 1.29 is 4.92 Å². The first-order chi connectivity index (χ1) is 12.1. The van der Waals surface area contributed by atoms with Crippen molar-refractivity contribution in [1.29, 1.82) is 0 Å². The number of hydrogen-bond donors (Lipinski definition) is 1. The SMILES string of the molecule is Cc1ccc(/C=N\Nc2ncnc3sc4c(c23)CCC4)cc1[N+](=O)[O-]. The van der Waals surface area contributed by atoms with E-state index in [0.717, 1.165) is 23.1 Å². The van der Waals surface area contributed by atoms with E-state index in [9.17, 15) is 10.1 Å². The van der Waals surface area contributed by atoms with E-state index >= 15 is 0 Å². The number of nitrogens with zero attached hydrogens (tertiary/aromatic N) is 4. The number of hydrazone groups is 1.